The summed E-state index contributed by atoms with van der Waals surface area (Å²) in [7, 11) is 0. The summed E-state index contributed by atoms with van der Waals surface area (Å²) >= 11 is 0. The van der Waals surface area contributed by atoms with E-state index in [-0.39, 0.29) is 25.0 Å². The first-order chi connectivity index (χ1) is 12.8. The van der Waals surface area contributed by atoms with Gasteiger partial charge in [-0.25, -0.2) is 0 Å². The van der Waals surface area contributed by atoms with Gasteiger partial charge in [-0.15, -0.1) is 0 Å². The van der Waals surface area contributed by atoms with Crippen molar-refractivity contribution < 1.29 is 14.3 Å². The Balaban J connectivity index is 1.79. The molecule has 2 rings (SSSR count). The van der Waals surface area contributed by atoms with Gasteiger partial charge in [0.1, 0.15) is 5.75 Å². The number of carbonyl (C=O) groups excluding carboxylic acids is 2. The molecule has 0 heterocycles. The van der Waals surface area contributed by atoms with E-state index >= 15 is 0 Å². The smallest absolute Gasteiger partial charge is 0.258 e. The van der Waals surface area contributed by atoms with Crippen molar-refractivity contribution in [2.24, 2.45) is 0 Å². The van der Waals surface area contributed by atoms with Gasteiger partial charge in [-0.2, -0.15) is 0 Å². The zero-order chi connectivity index (χ0) is 20.0. The van der Waals surface area contributed by atoms with Gasteiger partial charge in [0.25, 0.3) is 5.91 Å². The second-order valence-corrected chi connectivity index (χ2v) is 7.11. The van der Waals surface area contributed by atoms with Gasteiger partial charge in [0.2, 0.25) is 5.91 Å². The Morgan fingerprint density at radius 3 is 2.11 bits per heavy atom. The summed E-state index contributed by atoms with van der Waals surface area (Å²) < 4.78 is 5.46. The number of nitrogens with one attached hydrogen (secondary N) is 2. The second kappa shape index (κ2) is 9.21. The van der Waals surface area contributed by atoms with E-state index in [1.165, 1.54) is 5.56 Å². The first-order valence-corrected chi connectivity index (χ1v) is 9.13. The lowest BCUT2D eigenvalue weighted by Gasteiger charge is -2.13. The number of benzene rings is 2. The number of anilines is 1. The number of rotatable bonds is 7. The maximum atomic E-state index is 12.1. The lowest BCUT2D eigenvalue weighted by atomic mass is 10.0. The third-order valence-corrected chi connectivity index (χ3v) is 4.30. The van der Waals surface area contributed by atoms with Crippen molar-refractivity contribution in [3.63, 3.8) is 0 Å². The monoisotopic (exact) mass is 368 g/mol. The van der Waals surface area contributed by atoms with Gasteiger partial charge in [0, 0.05) is 5.69 Å². The normalized spacial score (nSPS) is 10.6. The lowest BCUT2D eigenvalue weighted by Crippen LogP contribution is -2.36. The van der Waals surface area contributed by atoms with Crippen LogP contribution < -0.4 is 15.4 Å². The van der Waals surface area contributed by atoms with Crippen LogP contribution in [-0.2, 0) is 9.59 Å². The summed E-state index contributed by atoms with van der Waals surface area (Å²) in [6.07, 6.45) is 0. The van der Waals surface area contributed by atoms with Crippen LogP contribution >= 0.6 is 0 Å². The first-order valence-electron chi connectivity index (χ1n) is 9.13. The van der Waals surface area contributed by atoms with E-state index in [1.807, 2.05) is 57.2 Å². The molecular formula is C22H28N2O3. The molecule has 144 valence electrons. The van der Waals surface area contributed by atoms with Gasteiger partial charge in [0.15, 0.2) is 6.61 Å². The second-order valence-electron chi connectivity index (χ2n) is 7.11. The fourth-order valence-electron chi connectivity index (χ4n) is 2.89. The van der Waals surface area contributed by atoms with Gasteiger partial charge in [-0.3, -0.25) is 9.59 Å². The Labute approximate surface area is 161 Å². The van der Waals surface area contributed by atoms with Gasteiger partial charge in [0.05, 0.1) is 6.54 Å². The third-order valence-electron chi connectivity index (χ3n) is 4.30. The van der Waals surface area contributed by atoms with Crippen molar-refractivity contribution in [3.05, 3.63) is 58.7 Å². The molecular weight excluding hydrogens is 340 g/mol. The van der Waals surface area contributed by atoms with E-state index < -0.39 is 0 Å². The van der Waals surface area contributed by atoms with E-state index in [4.69, 9.17) is 4.74 Å². The Kier molecular flexibility index (Phi) is 6.99. The molecule has 27 heavy (non-hydrogen) atoms. The Hall–Kier alpha value is -2.82. The number of aryl methyl sites for hydroxylation is 3. The zero-order valence-electron chi connectivity index (χ0n) is 16.7. The standard InChI is InChI=1S/C22H28N2O3/c1-14(2)18-6-8-19(9-7-18)27-13-21(26)23-12-20(25)24-22-16(4)10-15(3)11-17(22)5/h6-11,14H,12-13H2,1-5H3,(H,23,26)(H,24,25). The number of hydrogen-bond donors (Lipinski definition) is 2. The maximum Gasteiger partial charge on any atom is 0.258 e. The van der Waals surface area contributed by atoms with Crippen LogP contribution in [0.15, 0.2) is 36.4 Å². The summed E-state index contributed by atoms with van der Waals surface area (Å²) in [5.74, 6) is 0.474. The van der Waals surface area contributed by atoms with Crippen molar-refractivity contribution in [2.45, 2.75) is 40.5 Å². The van der Waals surface area contributed by atoms with E-state index in [0.29, 0.717) is 11.7 Å². The molecule has 0 aromatic heterocycles. The first kappa shape index (κ1) is 20.5. The van der Waals surface area contributed by atoms with Crippen molar-refractivity contribution in [2.75, 3.05) is 18.5 Å². The molecule has 0 fully saturated rings. The van der Waals surface area contributed by atoms with E-state index in [1.54, 1.807) is 0 Å². The predicted octanol–water partition coefficient (Wildman–Crippen LogP) is 3.87. The Bertz CT molecular complexity index is 788. The summed E-state index contributed by atoms with van der Waals surface area (Å²) in [4.78, 5) is 24.0. The van der Waals surface area contributed by atoms with E-state index in [9.17, 15) is 9.59 Å². The molecule has 5 nitrogen and oxygen atoms in total. The fourth-order valence-corrected chi connectivity index (χ4v) is 2.89. The maximum absolute atomic E-state index is 12.1. The third kappa shape index (κ3) is 6.13. The minimum atomic E-state index is -0.338. The largest absolute Gasteiger partial charge is 0.484 e. The molecule has 0 saturated carbocycles. The van der Waals surface area contributed by atoms with Crippen molar-refractivity contribution >= 4 is 17.5 Å². The lowest BCUT2D eigenvalue weighted by molar-refractivity contribution is -0.125. The van der Waals surface area contributed by atoms with Crippen LogP contribution in [0, 0.1) is 20.8 Å². The average molecular weight is 368 g/mol. The molecule has 0 radical (unpaired) electrons. The highest BCUT2D eigenvalue weighted by atomic mass is 16.5. The van der Waals surface area contributed by atoms with Crippen LogP contribution in [0.5, 0.6) is 5.75 Å². The van der Waals surface area contributed by atoms with Gasteiger partial charge in [-0.1, -0.05) is 43.7 Å². The highest BCUT2D eigenvalue weighted by Gasteiger charge is 2.10. The molecule has 5 heteroatoms. The summed E-state index contributed by atoms with van der Waals surface area (Å²) in [5, 5.41) is 5.43. The number of ether oxygens (including phenoxy) is 1. The molecule has 0 saturated heterocycles. The van der Waals surface area contributed by atoms with E-state index in [0.717, 1.165) is 22.4 Å². The van der Waals surface area contributed by atoms with Gasteiger partial charge in [-0.05, 0) is 55.5 Å². The van der Waals surface area contributed by atoms with Gasteiger partial charge < -0.3 is 15.4 Å². The highest BCUT2D eigenvalue weighted by molar-refractivity contribution is 5.95. The van der Waals surface area contributed by atoms with Crippen LogP contribution in [0.2, 0.25) is 0 Å². The molecule has 2 N–H and O–H groups in total. The summed E-state index contributed by atoms with van der Waals surface area (Å²) in [6.45, 7) is 9.93. The molecule has 0 aliphatic heterocycles. The van der Waals surface area contributed by atoms with Crippen LogP contribution in [-0.4, -0.2) is 25.0 Å². The number of amides is 2. The quantitative estimate of drug-likeness (QED) is 0.780. The topological polar surface area (TPSA) is 67.4 Å². The van der Waals surface area contributed by atoms with Gasteiger partial charge >= 0.3 is 0 Å². The summed E-state index contributed by atoms with van der Waals surface area (Å²) in [5.41, 5.74) is 5.15. The molecule has 2 amide bonds. The summed E-state index contributed by atoms with van der Waals surface area (Å²) in [6, 6.07) is 11.7. The minimum Gasteiger partial charge on any atom is -0.484 e. The zero-order valence-corrected chi connectivity index (χ0v) is 16.7. The van der Waals surface area contributed by atoms with Crippen molar-refractivity contribution in [3.8, 4) is 5.75 Å². The molecule has 2 aromatic carbocycles. The van der Waals surface area contributed by atoms with Crippen molar-refractivity contribution in [1.82, 2.24) is 5.32 Å². The fraction of sp³-hybridized carbons (Fsp3) is 0.364. The molecule has 0 spiro atoms. The van der Waals surface area contributed by atoms with Crippen LogP contribution in [0.3, 0.4) is 0 Å². The number of hydrogen-bond acceptors (Lipinski definition) is 3. The highest BCUT2D eigenvalue weighted by Crippen LogP contribution is 2.21. The number of carbonyl (C=O) groups is 2. The molecule has 0 aliphatic carbocycles. The van der Waals surface area contributed by atoms with Crippen molar-refractivity contribution in [1.29, 1.82) is 0 Å². The van der Waals surface area contributed by atoms with E-state index in [2.05, 4.69) is 24.5 Å². The minimum absolute atomic E-state index is 0.0960. The van der Waals surface area contributed by atoms with Crippen LogP contribution in [0.25, 0.3) is 0 Å². The van der Waals surface area contributed by atoms with Crippen LogP contribution in [0.1, 0.15) is 42.0 Å². The molecule has 2 aromatic rings. The van der Waals surface area contributed by atoms with Crippen LogP contribution in [0.4, 0.5) is 5.69 Å². The molecule has 0 bridgehead atoms. The Morgan fingerprint density at radius 2 is 1.56 bits per heavy atom. The SMILES string of the molecule is Cc1cc(C)c(NC(=O)CNC(=O)COc2ccc(C(C)C)cc2)c(C)c1. The molecule has 0 unspecified atom stereocenters. The average Bonchev–Trinajstić information content (AvgIpc) is 2.61. The predicted molar refractivity (Wildman–Crippen MR) is 108 cm³/mol. The molecule has 0 aliphatic rings. The molecule has 0 atom stereocenters. The Morgan fingerprint density at radius 1 is 0.963 bits per heavy atom.